The van der Waals surface area contributed by atoms with E-state index in [2.05, 4.69) is 41.6 Å². The summed E-state index contributed by atoms with van der Waals surface area (Å²) in [5.41, 5.74) is 0. The molecule has 152 valence electrons. The lowest BCUT2D eigenvalue weighted by atomic mass is 10.0. The molecule has 0 radical (unpaired) electrons. The van der Waals surface area contributed by atoms with E-state index in [1.54, 1.807) is 0 Å². The van der Waals surface area contributed by atoms with Crippen LogP contribution in [0.5, 0.6) is 0 Å². The summed E-state index contributed by atoms with van der Waals surface area (Å²) in [7, 11) is 0. The molecule has 6 heteroatoms. The molecule has 1 unspecified atom stereocenters. The quantitative estimate of drug-likeness (QED) is 0.332. The number of rotatable bonds is 9. The summed E-state index contributed by atoms with van der Waals surface area (Å²) >= 11 is 0. The molecule has 1 saturated heterocycles. The van der Waals surface area contributed by atoms with E-state index in [1.807, 2.05) is 13.8 Å². The molecule has 1 atom stereocenters. The Bertz CT molecular complexity index is 414. The van der Waals surface area contributed by atoms with Gasteiger partial charge in [0, 0.05) is 31.6 Å². The van der Waals surface area contributed by atoms with E-state index < -0.39 is 0 Å². The molecule has 1 aliphatic rings. The van der Waals surface area contributed by atoms with Crippen LogP contribution in [0.1, 0.15) is 60.3 Å². The van der Waals surface area contributed by atoms with Crippen LogP contribution in [0.3, 0.4) is 0 Å². The molecule has 0 bridgehead atoms. The Labute approximate surface area is 160 Å². The fraction of sp³-hybridized carbons (Fsp3) is 0.900. The summed E-state index contributed by atoms with van der Waals surface area (Å²) in [6.45, 7) is 15.8. The average Bonchev–Trinajstić information content (AvgIpc) is 2.87. The van der Waals surface area contributed by atoms with Crippen LogP contribution in [-0.2, 0) is 4.79 Å². The van der Waals surface area contributed by atoms with Crippen molar-refractivity contribution in [2.75, 3.05) is 39.3 Å². The molecule has 1 heterocycles. The lowest BCUT2D eigenvalue weighted by molar-refractivity contribution is -0.123. The highest BCUT2D eigenvalue weighted by Crippen LogP contribution is 2.17. The second-order valence-electron chi connectivity index (χ2n) is 7.85. The normalized spacial score (nSPS) is 17.9. The molecule has 6 nitrogen and oxygen atoms in total. The van der Waals surface area contributed by atoms with Crippen LogP contribution in [0.15, 0.2) is 4.99 Å². The number of nitrogens with one attached hydrogen (secondary N) is 3. The van der Waals surface area contributed by atoms with Crippen molar-refractivity contribution in [2.24, 2.45) is 16.8 Å². The van der Waals surface area contributed by atoms with Crippen molar-refractivity contribution in [3.8, 4) is 0 Å². The van der Waals surface area contributed by atoms with Crippen molar-refractivity contribution in [1.82, 2.24) is 20.9 Å². The predicted molar refractivity (Wildman–Crippen MR) is 110 cm³/mol. The minimum Gasteiger partial charge on any atom is -0.357 e. The summed E-state index contributed by atoms with van der Waals surface area (Å²) in [4.78, 5) is 19.1. The molecule has 0 aliphatic carbocycles. The smallest absolute Gasteiger partial charge is 0.222 e. The van der Waals surface area contributed by atoms with E-state index >= 15 is 0 Å². The van der Waals surface area contributed by atoms with E-state index in [4.69, 9.17) is 4.99 Å². The number of hydrogen-bond donors (Lipinski definition) is 3. The van der Waals surface area contributed by atoms with Gasteiger partial charge in [-0.05, 0) is 38.8 Å². The molecular weight excluding hydrogens is 326 g/mol. The second-order valence-corrected chi connectivity index (χ2v) is 7.85. The molecule has 0 aromatic carbocycles. The van der Waals surface area contributed by atoms with E-state index in [0.29, 0.717) is 25.0 Å². The lowest BCUT2D eigenvalue weighted by Crippen LogP contribution is -2.45. The van der Waals surface area contributed by atoms with Gasteiger partial charge in [0.2, 0.25) is 5.91 Å². The Hall–Kier alpha value is -1.30. The summed E-state index contributed by atoms with van der Waals surface area (Å²) in [5, 5.41) is 9.57. The first-order valence-corrected chi connectivity index (χ1v) is 10.5. The molecule has 0 saturated carbocycles. The van der Waals surface area contributed by atoms with Gasteiger partial charge in [0.25, 0.3) is 0 Å². The third kappa shape index (κ3) is 8.88. The van der Waals surface area contributed by atoms with Crippen LogP contribution in [0.4, 0.5) is 0 Å². The number of guanidine groups is 1. The first-order chi connectivity index (χ1) is 12.5. The molecule has 1 aliphatic heterocycles. The Morgan fingerprint density at radius 3 is 2.12 bits per heavy atom. The Morgan fingerprint density at radius 2 is 1.58 bits per heavy atom. The monoisotopic (exact) mass is 367 g/mol. The van der Waals surface area contributed by atoms with Gasteiger partial charge in [0.1, 0.15) is 0 Å². The lowest BCUT2D eigenvalue weighted by Gasteiger charge is -2.32. The zero-order valence-electron chi connectivity index (χ0n) is 17.6. The highest BCUT2D eigenvalue weighted by atomic mass is 16.1. The molecule has 0 aromatic rings. The summed E-state index contributed by atoms with van der Waals surface area (Å²) < 4.78 is 0. The van der Waals surface area contributed by atoms with Crippen molar-refractivity contribution in [3.63, 3.8) is 0 Å². The topological polar surface area (TPSA) is 68.8 Å². The zero-order valence-corrected chi connectivity index (χ0v) is 17.6. The second kappa shape index (κ2) is 13.0. The number of nitrogens with zero attached hydrogens (tertiary/aromatic N) is 2. The molecule has 26 heavy (non-hydrogen) atoms. The SMILES string of the molecule is CCNC(=NCC(C(C)C)N1CCCCCC1)NCCNC(=O)C(C)C. The maximum atomic E-state index is 11.6. The summed E-state index contributed by atoms with van der Waals surface area (Å²) in [6, 6.07) is 0.490. The molecule has 1 rings (SSSR count). The van der Waals surface area contributed by atoms with Gasteiger partial charge in [-0.15, -0.1) is 0 Å². The van der Waals surface area contributed by atoms with E-state index in [1.165, 1.54) is 38.8 Å². The Balaban J connectivity index is 2.54. The Morgan fingerprint density at radius 1 is 0.962 bits per heavy atom. The van der Waals surface area contributed by atoms with Crippen molar-refractivity contribution in [2.45, 2.75) is 66.3 Å². The summed E-state index contributed by atoms with van der Waals surface area (Å²) in [5.74, 6) is 1.55. The van der Waals surface area contributed by atoms with E-state index in [9.17, 15) is 4.79 Å². The molecule has 1 fully saturated rings. The van der Waals surface area contributed by atoms with Crippen LogP contribution in [0.2, 0.25) is 0 Å². The van der Waals surface area contributed by atoms with Crippen molar-refractivity contribution >= 4 is 11.9 Å². The number of hydrogen-bond acceptors (Lipinski definition) is 3. The minimum absolute atomic E-state index is 0.0253. The number of likely N-dealkylation sites (tertiary alicyclic amines) is 1. The van der Waals surface area contributed by atoms with Crippen LogP contribution >= 0.6 is 0 Å². The standard InChI is InChI=1S/C20H41N5O/c1-6-21-20(23-12-11-22-19(26)17(4)5)24-15-18(16(2)3)25-13-9-7-8-10-14-25/h16-18H,6-15H2,1-5H3,(H,22,26)(H2,21,23,24). The fourth-order valence-corrected chi connectivity index (χ4v) is 3.27. The summed E-state index contributed by atoms with van der Waals surface area (Å²) in [6.07, 6.45) is 5.33. The number of carbonyl (C=O) groups is 1. The first-order valence-electron chi connectivity index (χ1n) is 10.5. The Kier molecular flexibility index (Phi) is 11.3. The predicted octanol–water partition coefficient (Wildman–Crippen LogP) is 2.21. The highest BCUT2D eigenvalue weighted by Gasteiger charge is 2.22. The first kappa shape index (κ1) is 22.7. The third-order valence-electron chi connectivity index (χ3n) is 4.90. The van der Waals surface area contributed by atoms with Gasteiger partial charge >= 0.3 is 0 Å². The van der Waals surface area contributed by atoms with Gasteiger partial charge in [-0.3, -0.25) is 14.7 Å². The fourth-order valence-electron chi connectivity index (χ4n) is 3.27. The van der Waals surface area contributed by atoms with Crippen molar-refractivity contribution < 1.29 is 4.79 Å². The maximum Gasteiger partial charge on any atom is 0.222 e. The minimum atomic E-state index is 0.0253. The average molecular weight is 368 g/mol. The van der Waals surface area contributed by atoms with Crippen LogP contribution in [-0.4, -0.2) is 62.1 Å². The highest BCUT2D eigenvalue weighted by molar-refractivity contribution is 5.80. The van der Waals surface area contributed by atoms with Gasteiger partial charge in [0.15, 0.2) is 5.96 Å². The molecule has 1 amide bonds. The van der Waals surface area contributed by atoms with E-state index in [0.717, 1.165) is 19.0 Å². The van der Waals surface area contributed by atoms with Gasteiger partial charge in [0.05, 0.1) is 6.54 Å². The molecule has 0 aromatic heterocycles. The maximum absolute atomic E-state index is 11.6. The van der Waals surface area contributed by atoms with Crippen molar-refractivity contribution in [1.29, 1.82) is 0 Å². The van der Waals surface area contributed by atoms with Gasteiger partial charge in [-0.1, -0.05) is 40.5 Å². The van der Waals surface area contributed by atoms with Gasteiger partial charge in [-0.25, -0.2) is 0 Å². The largest absolute Gasteiger partial charge is 0.357 e. The molecular formula is C20H41N5O. The third-order valence-corrected chi connectivity index (χ3v) is 4.90. The number of carbonyl (C=O) groups excluding carboxylic acids is 1. The number of aliphatic imine (C=N–C) groups is 1. The van der Waals surface area contributed by atoms with Gasteiger partial charge < -0.3 is 16.0 Å². The van der Waals surface area contributed by atoms with Crippen LogP contribution in [0.25, 0.3) is 0 Å². The molecule has 0 spiro atoms. The zero-order chi connectivity index (χ0) is 19.4. The van der Waals surface area contributed by atoms with E-state index in [-0.39, 0.29) is 11.8 Å². The number of amides is 1. The van der Waals surface area contributed by atoms with Crippen LogP contribution in [0, 0.1) is 11.8 Å². The van der Waals surface area contributed by atoms with Crippen LogP contribution < -0.4 is 16.0 Å². The van der Waals surface area contributed by atoms with Crippen molar-refractivity contribution in [3.05, 3.63) is 0 Å². The molecule has 3 N–H and O–H groups in total. The van der Waals surface area contributed by atoms with Gasteiger partial charge in [-0.2, -0.15) is 0 Å².